The van der Waals surface area contributed by atoms with E-state index in [4.69, 9.17) is 9.47 Å². The second-order valence-electron chi connectivity index (χ2n) is 4.86. The largest absolute Gasteiger partial charge is 0.382 e. The van der Waals surface area contributed by atoms with Crippen LogP contribution in [0.25, 0.3) is 0 Å². The van der Waals surface area contributed by atoms with Crippen LogP contribution >= 0.6 is 24.0 Å². The van der Waals surface area contributed by atoms with E-state index in [0.717, 1.165) is 51.5 Å². The summed E-state index contributed by atoms with van der Waals surface area (Å²) in [6.45, 7) is 4.79. The van der Waals surface area contributed by atoms with Crippen LogP contribution in [0, 0.1) is 0 Å². The summed E-state index contributed by atoms with van der Waals surface area (Å²) in [6, 6.07) is 1.94. The van der Waals surface area contributed by atoms with Gasteiger partial charge in [-0.05, 0) is 25.3 Å². The lowest BCUT2D eigenvalue weighted by Crippen LogP contribution is -2.38. The van der Waals surface area contributed by atoms with E-state index in [9.17, 15) is 0 Å². The Bertz CT molecular complexity index is 387. The molecule has 8 heteroatoms. The van der Waals surface area contributed by atoms with Crippen molar-refractivity contribution < 1.29 is 9.47 Å². The number of guanidine groups is 1. The molecule has 0 atom stereocenters. The van der Waals surface area contributed by atoms with Gasteiger partial charge >= 0.3 is 0 Å². The number of aryl methyl sites for hydroxylation is 1. The van der Waals surface area contributed by atoms with Crippen molar-refractivity contribution in [3.05, 3.63) is 18.5 Å². The predicted molar refractivity (Wildman–Crippen MR) is 104 cm³/mol. The predicted octanol–water partition coefficient (Wildman–Crippen LogP) is 1.50. The number of nitrogens with zero attached hydrogens (tertiary/aromatic N) is 3. The molecule has 0 unspecified atom stereocenters. The summed E-state index contributed by atoms with van der Waals surface area (Å²) in [5, 5.41) is 10.8. The van der Waals surface area contributed by atoms with E-state index in [1.54, 1.807) is 20.4 Å². The fraction of sp³-hybridized carbons (Fsp3) is 0.733. The quantitative estimate of drug-likeness (QED) is 0.224. The summed E-state index contributed by atoms with van der Waals surface area (Å²) < 4.78 is 12.3. The summed E-state index contributed by atoms with van der Waals surface area (Å²) >= 11 is 0. The van der Waals surface area contributed by atoms with Crippen LogP contribution in [0.3, 0.4) is 0 Å². The second kappa shape index (κ2) is 16.0. The molecule has 0 spiro atoms. The molecule has 0 radical (unpaired) electrons. The van der Waals surface area contributed by atoms with Crippen LogP contribution < -0.4 is 10.6 Å². The molecule has 2 N–H and O–H groups in total. The smallest absolute Gasteiger partial charge is 0.190 e. The van der Waals surface area contributed by atoms with Crippen LogP contribution in [0.1, 0.15) is 19.3 Å². The van der Waals surface area contributed by atoms with Gasteiger partial charge in [0.25, 0.3) is 0 Å². The minimum atomic E-state index is 0. The molecule has 0 aliphatic rings. The molecule has 1 heterocycles. The van der Waals surface area contributed by atoms with Crippen molar-refractivity contribution in [3.8, 4) is 0 Å². The van der Waals surface area contributed by atoms with Crippen molar-refractivity contribution in [2.45, 2.75) is 25.8 Å². The fourth-order valence-corrected chi connectivity index (χ4v) is 1.88. The first-order chi connectivity index (χ1) is 10.9. The third kappa shape index (κ3) is 12.2. The maximum atomic E-state index is 5.42. The molecule has 0 fully saturated rings. The Kier molecular flexibility index (Phi) is 15.4. The summed E-state index contributed by atoms with van der Waals surface area (Å²) in [6.07, 6.45) is 6.87. The normalized spacial score (nSPS) is 11.1. The first kappa shape index (κ1) is 22.1. The van der Waals surface area contributed by atoms with Gasteiger partial charge in [0, 0.05) is 52.8 Å². The number of hydrogen-bond acceptors (Lipinski definition) is 4. The molecule has 23 heavy (non-hydrogen) atoms. The first-order valence-electron chi connectivity index (χ1n) is 7.85. The summed E-state index contributed by atoms with van der Waals surface area (Å²) in [7, 11) is 3.47. The Balaban J connectivity index is 0.00000484. The highest BCUT2D eigenvalue weighted by atomic mass is 127. The maximum absolute atomic E-state index is 5.42. The van der Waals surface area contributed by atoms with Gasteiger partial charge in [0.15, 0.2) is 5.96 Å². The third-order valence-corrected chi connectivity index (χ3v) is 3.08. The van der Waals surface area contributed by atoms with Gasteiger partial charge in [0.2, 0.25) is 0 Å². The summed E-state index contributed by atoms with van der Waals surface area (Å²) in [5.74, 6) is 0.848. The van der Waals surface area contributed by atoms with E-state index in [-0.39, 0.29) is 24.0 Å². The molecule has 1 aromatic heterocycles. The molecule has 1 aromatic rings. The fourth-order valence-electron chi connectivity index (χ4n) is 1.88. The molecule has 0 saturated carbocycles. The number of unbranched alkanes of at least 4 members (excludes halogenated alkanes) is 1. The van der Waals surface area contributed by atoms with Crippen molar-refractivity contribution in [1.29, 1.82) is 0 Å². The molecule has 0 amide bonds. The average molecular weight is 439 g/mol. The van der Waals surface area contributed by atoms with E-state index in [1.165, 1.54) is 0 Å². The SMILES string of the molecule is CN=C(NCCCCOCCOC)NCCCn1cccn1.I. The van der Waals surface area contributed by atoms with E-state index in [2.05, 4.69) is 20.7 Å². The zero-order valence-corrected chi connectivity index (χ0v) is 16.5. The molecule has 0 bridgehead atoms. The summed E-state index contributed by atoms with van der Waals surface area (Å²) in [5.41, 5.74) is 0. The highest BCUT2D eigenvalue weighted by Crippen LogP contribution is 1.90. The maximum Gasteiger partial charge on any atom is 0.190 e. The monoisotopic (exact) mass is 439 g/mol. The van der Waals surface area contributed by atoms with Crippen LogP contribution in [0.5, 0.6) is 0 Å². The van der Waals surface area contributed by atoms with Gasteiger partial charge in [0.05, 0.1) is 13.2 Å². The van der Waals surface area contributed by atoms with Gasteiger partial charge in [-0.3, -0.25) is 9.67 Å². The highest BCUT2D eigenvalue weighted by molar-refractivity contribution is 14.0. The Morgan fingerprint density at radius 2 is 1.91 bits per heavy atom. The van der Waals surface area contributed by atoms with Gasteiger partial charge in [-0.2, -0.15) is 5.10 Å². The van der Waals surface area contributed by atoms with Gasteiger partial charge in [-0.1, -0.05) is 0 Å². The molecular formula is C15H30IN5O2. The van der Waals surface area contributed by atoms with E-state index < -0.39 is 0 Å². The van der Waals surface area contributed by atoms with Crippen molar-refractivity contribution in [2.75, 3.05) is 47.1 Å². The van der Waals surface area contributed by atoms with Crippen molar-refractivity contribution in [2.24, 2.45) is 4.99 Å². The molecule has 0 aromatic carbocycles. The molecule has 7 nitrogen and oxygen atoms in total. The van der Waals surface area contributed by atoms with E-state index in [1.807, 2.05) is 16.9 Å². The highest BCUT2D eigenvalue weighted by Gasteiger charge is 1.97. The topological polar surface area (TPSA) is 72.7 Å². The number of nitrogens with one attached hydrogen (secondary N) is 2. The third-order valence-electron chi connectivity index (χ3n) is 3.08. The molecule has 0 aliphatic heterocycles. The number of methoxy groups -OCH3 is 1. The molecule has 134 valence electrons. The Morgan fingerprint density at radius 1 is 1.13 bits per heavy atom. The van der Waals surface area contributed by atoms with Crippen molar-refractivity contribution >= 4 is 29.9 Å². The minimum Gasteiger partial charge on any atom is -0.382 e. The number of aliphatic imine (C=N–C) groups is 1. The Labute approximate surface area is 156 Å². The average Bonchev–Trinajstić information content (AvgIpc) is 3.05. The van der Waals surface area contributed by atoms with Crippen molar-refractivity contribution in [3.63, 3.8) is 0 Å². The van der Waals surface area contributed by atoms with Gasteiger partial charge in [0.1, 0.15) is 0 Å². The van der Waals surface area contributed by atoms with Crippen LogP contribution in [0.2, 0.25) is 0 Å². The van der Waals surface area contributed by atoms with Gasteiger partial charge in [-0.15, -0.1) is 24.0 Å². The first-order valence-corrected chi connectivity index (χ1v) is 7.85. The number of ether oxygens (including phenoxy) is 2. The zero-order valence-electron chi connectivity index (χ0n) is 14.2. The molecule has 0 saturated heterocycles. The Morgan fingerprint density at radius 3 is 2.57 bits per heavy atom. The number of hydrogen-bond donors (Lipinski definition) is 2. The molecule has 0 aliphatic carbocycles. The van der Waals surface area contributed by atoms with E-state index >= 15 is 0 Å². The lowest BCUT2D eigenvalue weighted by atomic mass is 10.3. The Hall–Kier alpha value is -0.870. The van der Waals surface area contributed by atoms with Crippen LogP contribution in [-0.4, -0.2) is 62.8 Å². The lowest BCUT2D eigenvalue weighted by molar-refractivity contribution is 0.0689. The van der Waals surface area contributed by atoms with Gasteiger partial charge in [-0.25, -0.2) is 0 Å². The zero-order chi connectivity index (χ0) is 15.9. The van der Waals surface area contributed by atoms with Gasteiger partial charge < -0.3 is 20.1 Å². The van der Waals surface area contributed by atoms with Crippen LogP contribution in [0.15, 0.2) is 23.5 Å². The molecule has 1 rings (SSSR count). The minimum absolute atomic E-state index is 0. The number of halogens is 1. The summed E-state index contributed by atoms with van der Waals surface area (Å²) in [4.78, 5) is 4.21. The van der Waals surface area contributed by atoms with Crippen molar-refractivity contribution in [1.82, 2.24) is 20.4 Å². The molecular weight excluding hydrogens is 409 g/mol. The van der Waals surface area contributed by atoms with Crippen LogP contribution in [0.4, 0.5) is 0 Å². The lowest BCUT2D eigenvalue weighted by Gasteiger charge is -2.12. The van der Waals surface area contributed by atoms with E-state index in [0.29, 0.717) is 13.2 Å². The number of aromatic nitrogens is 2. The standard InChI is InChI=1S/C15H29N5O2.HI/c1-16-15(17-7-3-4-12-22-14-13-21-2)18-8-5-10-20-11-6-9-19-20;/h6,9,11H,3-5,7-8,10,12-14H2,1-2H3,(H2,16,17,18);1H. The number of rotatable bonds is 12. The second-order valence-corrected chi connectivity index (χ2v) is 4.86. The van der Waals surface area contributed by atoms with Crippen LogP contribution in [-0.2, 0) is 16.0 Å².